The first-order valence-electron chi connectivity index (χ1n) is 4.08. The molecule has 0 amide bonds. The van der Waals surface area contributed by atoms with E-state index in [0.29, 0.717) is 16.3 Å². The number of rotatable bonds is 2. The highest BCUT2D eigenvalue weighted by atomic mass is 32.2. The van der Waals surface area contributed by atoms with Crippen LogP contribution in [0.5, 0.6) is 0 Å². The number of hydrogen-bond acceptors (Lipinski definition) is 5. The molecule has 0 atom stereocenters. The fourth-order valence-electron chi connectivity index (χ4n) is 1.15. The quantitative estimate of drug-likeness (QED) is 0.777. The van der Waals surface area contributed by atoms with Crippen LogP contribution in [-0.2, 0) is 10.0 Å². The number of sulfonamides is 1. The number of hydrogen-bond donors (Lipinski definition) is 2. The van der Waals surface area contributed by atoms with Gasteiger partial charge in [-0.15, -0.1) is 0 Å². The molecule has 0 saturated heterocycles. The van der Waals surface area contributed by atoms with Crippen molar-refractivity contribution in [2.24, 2.45) is 0 Å². The number of nitrogens with zero attached hydrogens (tertiary/aromatic N) is 1. The Kier molecular flexibility index (Phi) is 2.28. The van der Waals surface area contributed by atoms with Crippen molar-refractivity contribution >= 4 is 42.4 Å². The standard InChI is InChI=1S/C8H9N3O2S2/c1-15(12,13)11-8-10-6-4-5(9)2-3-7(6)14-8/h2-4H,9H2,1H3,(H,10,11). The van der Waals surface area contributed by atoms with E-state index in [-0.39, 0.29) is 0 Å². The number of benzene rings is 1. The molecule has 7 heteroatoms. The summed E-state index contributed by atoms with van der Waals surface area (Å²) in [6.07, 6.45) is 1.09. The van der Waals surface area contributed by atoms with E-state index < -0.39 is 10.0 Å². The molecule has 0 fully saturated rings. The van der Waals surface area contributed by atoms with Crippen LogP contribution in [0.2, 0.25) is 0 Å². The summed E-state index contributed by atoms with van der Waals surface area (Å²) < 4.78 is 25.2. The van der Waals surface area contributed by atoms with Crippen LogP contribution in [0, 0.1) is 0 Å². The molecule has 2 aromatic rings. The van der Waals surface area contributed by atoms with Gasteiger partial charge in [0.25, 0.3) is 0 Å². The smallest absolute Gasteiger partial charge is 0.231 e. The molecule has 0 unspecified atom stereocenters. The highest BCUT2D eigenvalue weighted by Crippen LogP contribution is 2.27. The average Bonchev–Trinajstić information content (AvgIpc) is 2.42. The minimum Gasteiger partial charge on any atom is -0.399 e. The number of thiazole rings is 1. The fourth-order valence-corrected chi connectivity index (χ4v) is 2.83. The van der Waals surface area contributed by atoms with E-state index in [1.165, 1.54) is 11.3 Å². The zero-order valence-corrected chi connectivity index (χ0v) is 9.52. The Morgan fingerprint density at radius 1 is 1.47 bits per heavy atom. The van der Waals surface area contributed by atoms with Gasteiger partial charge in [0, 0.05) is 5.69 Å². The monoisotopic (exact) mass is 243 g/mol. The van der Waals surface area contributed by atoms with E-state index in [0.717, 1.165) is 11.0 Å². The number of nitrogens with two attached hydrogens (primary N) is 1. The molecule has 0 saturated carbocycles. The lowest BCUT2D eigenvalue weighted by molar-refractivity contribution is 0.607. The van der Waals surface area contributed by atoms with E-state index in [1.807, 2.05) is 6.07 Å². The van der Waals surface area contributed by atoms with Gasteiger partial charge in [-0.2, -0.15) is 0 Å². The molecule has 3 N–H and O–H groups in total. The summed E-state index contributed by atoms with van der Waals surface area (Å²) in [5, 5.41) is 0.359. The van der Waals surface area contributed by atoms with Gasteiger partial charge in [0.1, 0.15) is 0 Å². The summed E-state index contributed by atoms with van der Waals surface area (Å²) in [7, 11) is -3.27. The van der Waals surface area contributed by atoms with Gasteiger partial charge >= 0.3 is 0 Å². The average molecular weight is 243 g/mol. The van der Waals surface area contributed by atoms with Crippen LogP contribution in [0.25, 0.3) is 10.2 Å². The third kappa shape index (κ3) is 2.37. The van der Waals surface area contributed by atoms with E-state index in [4.69, 9.17) is 5.73 Å². The maximum Gasteiger partial charge on any atom is 0.231 e. The molecular weight excluding hydrogens is 234 g/mol. The topological polar surface area (TPSA) is 85.1 Å². The predicted octanol–water partition coefficient (Wildman–Crippen LogP) is 1.25. The molecule has 1 aromatic heterocycles. The van der Waals surface area contributed by atoms with Crippen LogP contribution in [0.15, 0.2) is 18.2 Å². The van der Waals surface area contributed by atoms with E-state index in [9.17, 15) is 8.42 Å². The van der Waals surface area contributed by atoms with Crippen LogP contribution in [0.4, 0.5) is 10.8 Å². The summed E-state index contributed by atoms with van der Waals surface area (Å²) >= 11 is 1.28. The number of anilines is 2. The molecule has 1 heterocycles. The predicted molar refractivity (Wildman–Crippen MR) is 62.5 cm³/mol. The van der Waals surface area contributed by atoms with Gasteiger partial charge in [0.15, 0.2) is 5.13 Å². The summed E-state index contributed by atoms with van der Waals surface area (Å²) in [6, 6.07) is 5.28. The molecule has 0 bridgehead atoms. The van der Waals surface area contributed by atoms with Gasteiger partial charge in [0.05, 0.1) is 16.5 Å². The van der Waals surface area contributed by atoms with Gasteiger partial charge in [0.2, 0.25) is 10.0 Å². The van der Waals surface area contributed by atoms with Crippen molar-refractivity contribution in [2.45, 2.75) is 0 Å². The molecule has 80 valence electrons. The maximum atomic E-state index is 11.0. The Bertz CT molecular complexity index is 603. The molecule has 5 nitrogen and oxygen atoms in total. The molecule has 0 spiro atoms. The highest BCUT2D eigenvalue weighted by Gasteiger charge is 2.07. The van der Waals surface area contributed by atoms with Crippen molar-refractivity contribution < 1.29 is 8.42 Å². The second-order valence-electron chi connectivity index (χ2n) is 3.12. The van der Waals surface area contributed by atoms with Gasteiger partial charge in [-0.3, -0.25) is 4.72 Å². The molecule has 0 radical (unpaired) electrons. The van der Waals surface area contributed by atoms with Crippen molar-refractivity contribution in [1.82, 2.24) is 4.98 Å². The first kappa shape index (κ1) is 10.2. The molecular formula is C8H9N3O2S2. The number of fused-ring (bicyclic) bond motifs is 1. The van der Waals surface area contributed by atoms with Gasteiger partial charge < -0.3 is 5.73 Å². The molecule has 2 rings (SSSR count). The maximum absolute atomic E-state index is 11.0. The summed E-state index contributed by atoms with van der Waals surface area (Å²) in [5.74, 6) is 0. The Morgan fingerprint density at radius 3 is 2.87 bits per heavy atom. The summed E-state index contributed by atoms with van der Waals surface area (Å²) in [6.45, 7) is 0. The third-order valence-electron chi connectivity index (χ3n) is 1.68. The lowest BCUT2D eigenvalue weighted by Gasteiger charge is -1.95. The summed E-state index contributed by atoms with van der Waals surface area (Å²) in [4.78, 5) is 4.11. The first-order valence-corrected chi connectivity index (χ1v) is 6.79. The SMILES string of the molecule is CS(=O)(=O)Nc1nc2cc(N)ccc2s1. The zero-order valence-electron chi connectivity index (χ0n) is 7.89. The van der Waals surface area contributed by atoms with Crippen molar-refractivity contribution in [1.29, 1.82) is 0 Å². The van der Waals surface area contributed by atoms with E-state index in [2.05, 4.69) is 9.71 Å². The Balaban J connectivity index is 2.48. The molecule has 0 aliphatic heterocycles. The van der Waals surface area contributed by atoms with Crippen LogP contribution in [-0.4, -0.2) is 19.7 Å². The van der Waals surface area contributed by atoms with Gasteiger partial charge in [-0.1, -0.05) is 11.3 Å². The van der Waals surface area contributed by atoms with Crippen LogP contribution in [0.1, 0.15) is 0 Å². The minimum absolute atomic E-state index is 0.359. The Morgan fingerprint density at radius 2 is 2.20 bits per heavy atom. The fraction of sp³-hybridized carbons (Fsp3) is 0.125. The van der Waals surface area contributed by atoms with E-state index in [1.54, 1.807) is 12.1 Å². The van der Waals surface area contributed by atoms with Crippen molar-refractivity contribution in [2.75, 3.05) is 16.7 Å². The first-order chi connectivity index (χ1) is 6.94. The largest absolute Gasteiger partial charge is 0.399 e. The van der Waals surface area contributed by atoms with Crippen LogP contribution in [0.3, 0.4) is 0 Å². The second kappa shape index (κ2) is 3.35. The van der Waals surface area contributed by atoms with Crippen LogP contribution >= 0.6 is 11.3 Å². The lowest BCUT2D eigenvalue weighted by Crippen LogP contribution is -2.08. The summed E-state index contributed by atoms with van der Waals surface area (Å²) in [5.41, 5.74) is 6.90. The normalized spacial score (nSPS) is 11.8. The number of nitrogen functional groups attached to an aromatic ring is 1. The van der Waals surface area contributed by atoms with Crippen molar-refractivity contribution in [3.63, 3.8) is 0 Å². The van der Waals surface area contributed by atoms with Gasteiger partial charge in [-0.05, 0) is 18.2 Å². The number of aromatic nitrogens is 1. The highest BCUT2D eigenvalue weighted by molar-refractivity contribution is 7.92. The van der Waals surface area contributed by atoms with Crippen molar-refractivity contribution in [3.8, 4) is 0 Å². The van der Waals surface area contributed by atoms with Crippen LogP contribution < -0.4 is 10.5 Å². The Labute approximate surface area is 91.0 Å². The van der Waals surface area contributed by atoms with E-state index >= 15 is 0 Å². The molecule has 15 heavy (non-hydrogen) atoms. The van der Waals surface area contributed by atoms with Crippen molar-refractivity contribution in [3.05, 3.63) is 18.2 Å². The zero-order chi connectivity index (χ0) is 11.1. The third-order valence-corrected chi connectivity index (χ3v) is 3.33. The lowest BCUT2D eigenvalue weighted by atomic mass is 10.3. The molecule has 0 aliphatic carbocycles. The number of nitrogens with one attached hydrogen (secondary N) is 1. The second-order valence-corrected chi connectivity index (χ2v) is 5.90. The molecule has 1 aromatic carbocycles. The Hall–Kier alpha value is -1.34. The van der Waals surface area contributed by atoms with Gasteiger partial charge in [-0.25, -0.2) is 13.4 Å². The minimum atomic E-state index is -3.27. The molecule has 0 aliphatic rings.